The predicted molar refractivity (Wildman–Crippen MR) is 166 cm³/mol. The lowest BCUT2D eigenvalue weighted by Gasteiger charge is -2.44. The Morgan fingerprint density at radius 3 is 2.43 bits per heavy atom. The van der Waals surface area contributed by atoms with E-state index in [1.165, 1.54) is 4.90 Å². The van der Waals surface area contributed by atoms with Gasteiger partial charge in [-0.15, -0.1) is 0 Å². The van der Waals surface area contributed by atoms with Gasteiger partial charge in [-0.3, -0.25) is 14.4 Å². The van der Waals surface area contributed by atoms with E-state index >= 15 is 0 Å². The van der Waals surface area contributed by atoms with Crippen LogP contribution in [0, 0.1) is 17.8 Å². The SMILES string of the molecule is C=C(C)[C@H](C[C@@H]1CC[C@@H](C)[C@](C)(C(=O)C(=O)N2CCCC[C@H]2C(=O)N[C@@H](C(=O)O)[C@H](C)C[C@@H]2CC[C@@H](C)[C@H](CO)N2)O1)OC. The van der Waals surface area contributed by atoms with Gasteiger partial charge in [0.1, 0.15) is 17.7 Å². The van der Waals surface area contributed by atoms with Crippen molar-refractivity contribution in [2.45, 2.75) is 134 Å². The maximum Gasteiger partial charge on any atom is 0.326 e. The van der Waals surface area contributed by atoms with Crippen molar-refractivity contribution in [1.82, 2.24) is 15.5 Å². The monoisotopic (exact) mass is 621 g/mol. The van der Waals surface area contributed by atoms with Crippen LogP contribution in [-0.2, 0) is 28.7 Å². The van der Waals surface area contributed by atoms with Crippen molar-refractivity contribution in [3.63, 3.8) is 0 Å². The largest absolute Gasteiger partial charge is 0.480 e. The van der Waals surface area contributed by atoms with E-state index in [4.69, 9.17) is 9.47 Å². The van der Waals surface area contributed by atoms with Crippen LogP contribution in [0.5, 0.6) is 0 Å². The minimum Gasteiger partial charge on any atom is -0.480 e. The summed E-state index contributed by atoms with van der Waals surface area (Å²) in [5, 5.41) is 25.9. The molecule has 10 atom stereocenters. The summed E-state index contributed by atoms with van der Waals surface area (Å²) < 4.78 is 11.9. The third kappa shape index (κ3) is 8.47. The normalized spacial score (nSPS) is 33.1. The number of carbonyl (C=O) groups excluding carboxylic acids is 3. The fraction of sp³-hybridized carbons (Fsp3) is 0.818. The summed E-state index contributed by atoms with van der Waals surface area (Å²) in [5.41, 5.74) is -0.505. The number of aliphatic carboxylic acids is 1. The van der Waals surface area contributed by atoms with E-state index in [9.17, 15) is 29.4 Å². The highest BCUT2D eigenvalue weighted by Gasteiger charge is 2.50. The number of Topliss-reactive ketones (excluding diaryl/α,β-unsaturated/α-hetero) is 1. The van der Waals surface area contributed by atoms with Crippen LogP contribution in [0.15, 0.2) is 12.2 Å². The number of hydrogen-bond acceptors (Lipinski definition) is 8. The number of amides is 2. The highest BCUT2D eigenvalue weighted by molar-refractivity contribution is 6.39. The lowest BCUT2D eigenvalue weighted by Crippen LogP contribution is -2.61. The first-order valence-electron chi connectivity index (χ1n) is 16.3. The Kier molecular flexibility index (Phi) is 13.0. The maximum atomic E-state index is 13.9. The van der Waals surface area contributed by atoms with E-state index in [0.29, 0.717) is 44.4 Å². The molecule has 3 rings (SSSR count). The molecule has 0 bridgehead atoms. The first-order valence-corrected chi connectivity index (χ1v) is 16.3. The van der Waals surface area contributed by atoms with Crippen molar-refractivity contribution in [3.05, 3.63) is 12.2 Å². The molecular weight excluding hydrogens is 566 g/mol. The molecule has 4 N–H and O–H groups in total. The first kappa shape index (κ1) is 36.1. The van der Waals surface area contributed by atoms with Gasteiger partial charge in [-0.05, 0) is 83.0 Å². The summed E-state index contributed by atoms with van der Waals surface area (Å²) in [5.74, 6) is -3.45. The number of carboxylic acids is 1. The molecule has 11 nitrogen and oxygen atoms in total. The van der Waals surface area contributed by atoms with Crippen LogP contribution in [0.3, 0.4) is 0 Å². The smallest absolute Gasteiger partial charge is 0.326 e. The second kappa shape index (κ2) is 15.8. The minimum atomic E-state index is -1.36. The predicted octanol–water partition coefficient (Wildman–Crippen LogP) is 2.84. The molecule has 3 aliphatic rings. The topological polar surface area (TPSA) is 154 Å². The highest BCUT2D eigenvalue weighted by atomic mass is 16.5. The summed E-state index contributed by atoms with van der Waals surface area (Å²) in [6.45, 7) is 13.5. The molecule has 0 aromatic carbocycles. The second-order valence-electron chi connectivity index (χ2n) is 13.7. The van der Waals surface area contributed by atoms with E-state index < -0.39 is 47.2 Å². The number of ether oxygens (including phenoxy) is 2. The number of nitrogens with one attached hydrogen (secondary N) is 2. The molecule has 0 aromatic rings. The molecular formula is C33H55N3O8. The molecule has 2 amide bonds. The van der Waals surface area contributed by atoms with Gasteiger partial charge in [0.15, 0.2) is 0 Å². The number of carbonyl (C=O) groups is 4. The number of ketones is 1. The van der Waals surface area contributed by atoms with Crippen LogP contribution in [0.1, 0.15) is 92.4 Å². The fourth-order valence-corrected chi connectivity index (χ4v) is 7.12. The Bertz CT molecular complexity index is 1050. The molecule has 0 aromatic heterocycles. The number of aliphatic hydroxyl groups is 1. The highest BCUT2D eigenvalue weighted by Crippen LogP contribution is 2.38. The van der Waals surface area contributed by atoms with E-state index in [1.54, 1.807) is 21.0 Å². The van der Waals surface area contributed by atoms with Gasteiger partial charge in [0.25, 0.3) is 11.7 Å². The van der Waals surface area contributed by atoms with Gasteiger partial charge in [-0.2, -0.15) is 0 Å². The maximum absolute atomic E-state index is 13.9. The summed E-state index contributed by atoms with van der Waals surface area (Å²) in [4.78, 5) is 54.9. The van der Waals surface area contributed by atoms with Gasteiger partial charge in [0, 0.05) is 32.2 Å². The van der Waals surface area contributed by atoms with E-state index in [2.05, 4.69) is 24.1 Å². The summed E-state index contributed by atoms with van der Waals surface area (Å²) >= 11 is 0. The van der Waals surface area contributed by atoms with Crippen molar-refractivity contribution in [1.29, 1.82) is 0 Å². The summed E-state index contributed by atoms with van der Waals surface area (Å²) in [7, 11) is 1.61. The van der Waals surface area contributed by atoms with Gasteiger partial charge in [0.2, 0.25) is 5.91 Å². The third-order valence-electron chi connectivity index (χ3n) is 10.4. The minimum absolute atomic E-state index is 0.0150. The molecule has 3 fully saturated rings. The number of methoxy groups -OCH3 is 1. The number of nitrogens with zero attached hydrogens (tertiary/aromatic N) is 1. The molecule has 0 spiro atoms. The average Bonchev–Trinajstić information content (AvgIpc) is 2.99. The Balaban J connectivity index is 1.70. The number of hydrogen-bond donors (Lipinski definition) is 4. The molecule has 3 heterocycles. The molecule has 0 radical (unpaired) electrons. The van der Waals surface area contributed by atoms with Crippen LogP contribution in [-0.4, -0.2) is 101 Å². The number of aliphatic hydroxyl groups excluding tert-OH is 1. The quantitative estimate of drug-likeness (QED) is 0.180. The summed E-state index contributed by atoms with van der Waals surface area (Å²) in [6.07, 6.45) is 5.39. The van der Waals surface area contributed by atoms with Crippen molar-refractivity contribution in [2.75, 3.05) is 20.3 Å². The molecule has 44 heavy (non-hydrogen) atoms. The molecule has 250 valence electrons. The van der Waals surface area contributed by atoms with Crippen LogP contribution < -0.4 is 10.6 Å². The Labute approximate surface area is 262 Å². The number of piperidine rings is 2. The molecule has 11 heteroatoms. The van der Waals surface area contributed by atoms with E-state index in [0.717, 1.165) is 24.8 Å². The standard InChI is InChI=1S/C33H55N3O8/c1-19(2)27(43-7)17-24-14-12-22(5)33(6,44-24)29(38)31(40)36-15-9-8-10-26(36)30(39)35-28(32(41)42)21(4)16-23-13-11-20(3)25(18-37)34-23/h20-28,34,37H,1,8-18H2,2-7H3,(H,35,39)(H,41,42)/t20-,21-,22-,23+,24+,25+,26+,27+,28-,33-/m1/s1. The van der Waals surface area contributed by atoms with Gasteiger partial charge < -0.3 is 35.2 Å². The van der Waals surface area contributed by atoms with Crippen LogP contribution in [0.25, 0.3) is 0 Å². The fourth-order valence-electron chi connectivity index (χ4n) is 7.12. The Morgan fingerprint density at radius 1 is 1.11 bits per heavy atom. The molecule has 0 unspecified atom stereocenters. The van der Waals surface area contributed by atoms with Crippen molar-refractivity contribution < 1.29 is 38.9 Å². The lowest BCUT2D eigenvalue weighted by atomic mass is 9.78. The number of likely N-dealkylation sites (tertiary alicyclic amines) is 1. The second-order valence-corrected chi connectivity index (χ2v) is 13.7. The number of carboxylic acid groups (broad SMARTS) is 1. The van der Waals surface area contributed by atoms with Crippen LogP contribution in [0.4, 0.5) is 0 Å². The molecule has 0 saturated carbocycles. The zero-order chi connectivity index (χ0) is 32.8. The van der Waals surface area contributed by atoms with Gasteiger partial charge >= 0.3 is 5.97 Å². The zero-order valence-electron chi connectivity index (χ0n) is 27.5. The summed E-state index contributed by atoms with van der Waals surface area (Å²) in [6, 6.07) is -2.12. The average molecular weight is 622 g/mol. The van der Waals surface area contributed by atoms with Crippen molar-refractivity contribution in [3.8, 4) is 0 Å². The first-order chi connectivity index (χ1) is 20.7. The van der Waals surface area contributed by atoms with E-state index in [-0.39, 0.29) is 43.4 Å². The van der Waals surface area contributed by atoms with Crippen molar-refractivity contribution in [2.24, 2.45) is 17.8 Å². The Morgan fingerprint density at radius 2 is 1.82 bits per heavy atom. The number of rotatable bonds is 13. The third-order valence-corrected chi connectivity index (χ3v) is 10.4. The van der Waals surface area contributed by atoms with Crippen molar-refractivity contribution >= 4 is 23.6 Å². The molecule has 3 saturated heterocycles. The van der Waals surface area contributed by atoms with Crippen LogP contribution in [0.2, 0.25) is 0 Å². The van der Waals surface area contributed by atoms with Gasteiger partial charge in [-0.1, -0.05) is 32.9 Å². The molecule has 0 aliphatic carbocycles. The van der Waals surface area contributed by atoms with E-state index in [1.807, 2.05) is 13.8 Å². The van der Waals surface area contributed by atoms with Gasteiger partial charge in [-0.25, -0.2) is 4.79 Å². The Hall–Kier alpha value is -2.34. The van der Waals surface area contributed by atoms with Crippen LogP contribution >= 0.6 is 0 Å². The van der Waals surface area contributed by atoms with Gasteiger partial charge in [0.05, 0.1) is 18.8 Å². The lowest BCUT2D eigenvalue weighted by molar-refractivity contribution is -0.183. The zero-order valence-corrected chi connectivity index (χ0v) is 27.5. The molecule has 3 aliphatic heterocycles.